The molecule has 166 valence electrons. The molecular formula is C24H22Cl2N2O4. The zero-order valence-corrected chi connectivity index (χ0v) is 18.9. The normalized spacial score (nSPS) is 14.0. The van der Waals surface area contributed by atoms with Gasteiger partial charge in [0.2, 0.25) is 5.91 Å². The summed E-state index contributed by atoms with van der Waals surface area (Å²) in [7, 11) is 1.59. The summed E-state index contributed by atoms with van der Waals surface area (Å²) < 4.78 is 16.6. The first-order valence-electron chi connectivity index (χ1n) is 10.1. The van der Waals surface area contributed by atoms with Gasteiger partial charge in [-0.05, 0) is 48.5 Å². The third kappa shape index (κ3) is 5.46. The Balaban J connectivity index is 1.48. The molecule has 1 aromatic heterocycles. The van der Waals surface area contributed by atoms with Crippen molar-refractivity contribution in [1.82, 2.24) is 0 Å². The first-order valence-corrected chi connectivity index (χ1v) is 10.8. The summed E-state index contributed by atoms with van der Waals surface area (Å²) in [6, 6.07) is 14.4. The Morgan fingerprint density at radius 1 is 1.06 bits per heavy atom. The van der Waals surface area contributed by atoms with E-state index in [9.17, 15) is 4.79 Å². The Hall–Kier alpha value is -2.93. The molecule has 1 aliphatic rings. The number of hydrogen-bond acceptors (Lipinski definition) is 5. The van der Waals surface area contributed by atoms with Gasteiger partial charge in [0.1, 0.15) is 17.3 Å². The minimum atomic E-state index is -0.281. The molecule has 1 fully saturated rings. The molecule has 2 aromatic carbocycles. The van der Waals surface area contributed by atoms with Gasteiger partial charge in [-0.15, -0.1) is 0 Å². The zero-order valence-electron chi connectivity index (χ0n) is 17.4. The van der Waals surface area contributed by atoms with Crippen LogP contribution >= 0.6 is 23.2 Å². The van der Waals surface area contributed by atoms with Crippen molar-refractivity contribution < 1.29 is 18.7 Å². The summed E-state index contributed by atoms with van der Waals surface area (Å²) in [5, 5.41) is 3.99. The zero-order chi connectivity index (χ0) is 22.5. The van der Waals surface area contributed by atoms with Crippen molar-refractivity contribution in [3.8, 4) is 17.1 Å². The number of nitrogens with zero attached hydrogens (tertiary/aromatic N) is 1. The van der Waals surface area contributed by atoms with Gasteiger partial charge in [-0.25, -0.2) is 0 Å². The van der Waals surface area contributed by atoms with Gasteiger partial charge in [0.15, 0.2) is 0 Å². The van der Waals surface area contributed by atoms with Crippen LogP contribution in [-0.2, 0) is 9.53 Å². The average Bonchev–Trinajstić information content (AvgIpc) is 3.27. The van der Waals surface area contributed by atoms with Crippen molar-refractivity contribution >= 4 is 46.6 Å². The number of furan rings is 1. The number of carbonyl (C=O) groups is 1. The number of nitrogens with one attached hydrogen (secondary N) is 1. The van der Waals surface area contributed by atoms with Gasteiger partial charge < -0.3 is 24.1 Å². The molecule has 0 bridgehead atoms. The van der Waals surface area contributed by atoms with Crippen LogP contribution in [0.3, 0.4) is 0 Å². The summed E-state index contributed by atoms with van der Waals surface area (Å²) >= 11 is 12.1. The first-order chi connectivity index (χ1) is 15.5. The first kappa shape index (κ1) is 22.3. The molecule has 1 amide bonds. The van der Waals surface area contributed by atoms with Crippen LogP contribution in [0.15, 0.2) is 59.0 Å². The fraction of sp³-hybridized carbons (Fsp3) is 0.208. The largest absolute Gasteiger partial charge is 0.497 e. The van der Waals surface area contributed by atoms with Crippen LogP contribution < -0.4 is 15.0 Å². The molecule has 4 rings (SSSR count). The Morgan fingerprint density at radius 2 is 1.81 bits per heavy atom. The molecule has 2 heterocycles. The van der Waals surface area contributed by atoms with E-state index in [1.165, 1.54) is 6.08 Å². The number of halogens is 2. The molecule has 0 aliphatic carbocycles. The molecule has 1 aliphatic heterocycles. The molecule has 0 saturated carbocycles. The van der Waals surface area contributed by atoms with Crippen LogP contribution in [0.5, 0.6) is 5.75 Å². The van der Waals surface area contributed by atoms with Crippen molar-refractivity contribution in [2.24, 2.45) is 0 Å². The minimum absolute atomic E-state index is 0.281. The molecule has 0 spiro atoms. The van der Waals surface area contributed by atoms with Crippen LogP contribution in [0.4, 0.5) is 11.4 Å². The van der Waals surface area contributed by atoms with Gasteiger partial charge in [0.05, 0.1) is 31.7 Å². The van der Waals surface area contributed by atoms with E-state index in [1.54, 1.807) is 43.5 Å². The van der Waals surface area contributed by atoms with Gasteiger partial charge in [-0.1, -0.05) is 23.2 Å². The molecule has 1 saturated heterocycles. The third-order valence-electron chi connectivity index (χ3n) is 4.99. The summed E-state index contributed by atoms with van der Waals surface area (Å²) in [6.45, 7) is 2.82. The summed E-state index contributed by atoms with van der Waals surface area (Å²) in [5.41, 5.74) is 2.36. The maximum Gasteiger partial charge on any atom is 0.248 e. The fourth-order valence-electron chi connectivity index (χ4n) is 3.45. The Labute approximate surface area is 196 Å². The predicted octanol–water partition coefficient (Wildman–Crippen LogP) is 5.75. The summed E-state index contributed by atoms with van der Waals surface area (Å²) in [6.07, 6.45) is 3.04. The van der Waals surface area contributed by atoms with E-state index in [-0.39, 0.29) is 5.91 Å². The second kappa shape index (κ2) is 10.1. The number of carbonyl (C=O) groups excluding carboxylic acids is 1. The number of benzene rings is 2. The Bertz CT molecular complexity index is 1120. The second-order valence-corrected chi connectivity index (χ2v) is 8.04. The SMILES string of the molecule is COc1ccc(N2CCOCC2)c(NC(=O)/C=C/c2ccc(-c3cc(Cl)cc(Cl)c3)o2)c1. The Morgan fingerprint density at radius 3 is 2.53 bits per heavy atom. The van der Waals surface area contributed by atoms with Crippen molar-refractivity contribution in [2.45, 2.75) is 0 Å². The van der Waals surface area contributed by atoms with E-state index in [4.69, 9.17) is 37.1 Å². The maximum absolute atomic E-state index is 12.6. The number of hydrogen-bond donors (Lipinski definition) is 1. The van der Waals surface area contributed by atoms with Crippen LogP contribution in [0.1, 0.15) is 5.76 Å². The summed E-state index contributed by atoms with van der Waals surface area (Å²) in [5.74, 6) is 1.52. The van der Waals surface area contributed by atoms with Crippen LogP contribution in [0.2, 0.25) is 10.0 Å². The van der Waals surface area contributed by atoms with Crippen LogP contribution in [0, 0.1) is 0 Å². The molecule has 0 radical (unpaired) electrons. The Kier molecular flexibility index (Phi) is 7.05. The highest BCUT2D eigenvalue weighted by Crippen LogP contribution is 2.31. The molecular weight excluding hydrogens is 451 g/mol. The van der Waals surface area contributed by atoms with Crippen molar-refractivity contribution in [1.29, 1.82) is 0 Å². The molecule has 1 N–H and O–H groups in total. The number of ether oxygens (including phenoxy) is 2. The molecule has 6 nitrogen and oxygen atoms in total. The predicted molar refractivity (Wildman–Crippen MR) is 128 cm³/mol. The quantitative estimate of drug-likeness (QED) is 0.462. The van der Waals surface area contributed by atoms with Gasteiger partial charge in [-0.2, -0.15) is 0 Å². The van der Waals surface area contributed by atoms with E-state index in [0.29, 0.717) is 46.2 Å². The highest BCUT2D eigenvalue weighted by Gasteiger charge is 2.16. The highest BCUT2D eigenvalue weighted by atomic mass is 35.5. The van der Waals surface area contributed by atoms with Crippen LogP contribution in [-0.4, -0.2) is 39.3 Å². The number of rotatable bonds is 6. The summed E-state index contributed by atoms with van der Waals surface area (Å²) in [4.78, 5) is 14.8. The van der Waals surface area contributed by atoms with E-state index in [0.717, 1.165) is 24.3 Å². The van der Waals surface area contributed by atoms with Gasteiger partial charge in [-0.3, -0.25) is 4.79 Å². The lowest BCUT2D eigenvalue weighted by molar-refractivity contribution is -0.111. The maximum atomic E-state index is 12.6. The lowest BCUT2D eigenvalue weighted by atomic mass is 10.2. The van der Waals surface area contributed by atoms with E-state index in [1.807, 2.05) is 18.2 Å². The smallest absolute Gasteiger partial charge is 0.248 e. The average molecular weight is 473 g/mol. The number of morpholine rings is 1. The standard InChI is InChI=1S/C24H22Cl2N2O4/c1-30-20-2-5-22(28-8-10-31-11-9-28)21(15-20)27-24(29)7-4-19-3-6-23(32-19)16-12-17(25)14-18(26)13-16/h2-7,12-15H,8-11H2,1H3,(H,27,29)/b7-4+. The molecule has 32 heavy (non-hydrogen) atoms. The molecule has 8 heteroatoms. The van der Waals surface area contributed by atoms with Crippen LogP contribution in [0.25, 0.3) is 17.4 Å². The number of amides is 1. The van der Waals surface area contributed by atoms with E-state index >= 15 is 0 Å². The van der Waals surface area contributed by atoms with Crippen molar-refractivity contribution in [3.05, 3.63) is 70.4 Å². The van der Waals surface area contributed by atoms with E-state index in [2.05, 4.69) is 10.2 Å². The van der Waals surface area contributed by atoms with Crippen molar-refractivity contribution in [3.63, 3.8) is 0 Å². The molecule has 3 aromatic rings. The van der Waals surface area contributed by atoms with Crippen molar-refractivity contribution in [2.75, 3.05) is 43.6 Å². The minimum Gasteiger partial charge on any atom is -0.497 e. The monoisotopic (exact) mass is 472 g/mol. The number of anilines is 2. The number of methoxy groups -OCH3 is 1. The van der Waals surface area contributed by atoms with Gasteiger partial charge >= 0.3 is 0 Å². The lowest BCUT2D eigenvalue weighted by Gasteiger charge is -2.30. The molecule has 0 unspecified atom stereocenters. The lowest BCUT2D eigenvalue weighted by Crippen LogP contribution is -2.36. The fourth-order valence-corrected chi connectivity index (χ4v) is 3.97. The molecule has 0 atom stereocenters. The van der Waals surface area contributed by atoms with Gasteiger partial charge in [0.25, 0.3) is 0 Å². The second-order valence-electron chi connectivity index (χ2n) is 7.17. The third-order valence-corrected chi connectivity index (χ3v) is 5.42. The van der Waals surface area contributed by atoms with E-state index < -0.39 is 0 Å². The highest BCUT2D eigenvalue weighted by molar-refractivity contribution is 6.35. The topological polar surface area (TPSA) is 63.9 Å². The van der Waals surface area contributed by atoms with Gasteiger partial charge in [0, 0.05) is 40.8 Å².